The Morgan fingerprint density at radius 2 is 1.53 bits per heavy atom. The minimum absolute atomic E-state index is 1.23. The van der Waals surface area contributed by atoms with Crippen molar-refractivity contribution in [2.45, 2.75) is 60.8 Å². The summed E-state index contributed by atoms with van der Waals surface area (Å²) in [6.45, 7) is 12.3. The minimum Gasteiger partial charge on any atom is -0.0842 e. The fourth-order valence-corrected chi connectivity index (χ4v) is 1.48. The van der Waals surface area contributed by atoms with Crippen LogP contribution >= 0.6 is 0 Å². The van der Waals surface area contributed by atoms with Gasteiger partial charge in [-0.3, -0.25) is 0 Å². The molecular weight excluding hydrogens is 228 g/mol. The Bertz CT molecular complexity index is 317. The third-order valence-corrected chi connectivity index (χ3v) is 2.49. The topological polar surface area (TPSA) is 0 Å². The zero-order valence-corrected chi connectivity index (χ0v) is 13.7. The molecule has 1 aliphatic rings. The number of hydrogen-bond donors (Lipinski definition) is 0. The monoisotopic (exact) mass is 260 g/mol. The second-order valence-electron chi connectivity index (χ2n) is 3.80. The van der Waals surface area contributed by atoms with Crippen molar-refractivity contribution in [2.24, 2.45) is 0 Å². The van der Waals surface area contributed by atoms with Gasteiger partial charge in [-0.05, 0) is 26.2 Å². The first-order chi connectivity index (χ1) is 9.33. The molecule has 2 rings (SSSR count). The second kappa shape index (κ2) is 16.7. The lowest BCUT2D eigenvalue weighted by atomic mass is 10.0. The van der Waals surface area contributed by atoms with Crippen LogP contribution in [-0.2, 0) is 0 Å². The van der Waals surface area contributed by atoms with Gasteiger partial charge in [0.1, 0.15) is 0 Å². The summed E-state index contributed by atoms with van der Waals surface area (Å²) in [7, 11) is 0. The van der Waals surface area contributed by atoms with Crippen molar-refractivity contribution in [1.29, 1.82) is 0 Å². The quantitative estimate of drug-likeness (QED) is 0.525. The van der Waals surface area contributed by atoms with E-state index in [1.54, 1.807) is 5.57 Å². The molecular formula is C19H32. The molecule has 0 heteroatoms. The Kier molecular flexibility index (Phi) is 17.6. The molecule has 0 heterocycles. The molecule has 0 unspecified atom stereocenters. The third kappa shape index (κ3) is 12.9. The van der Waals surface area contributed by atoms with E-state index in [0.717, 1.165) is 0 Å². The maximum absolute atomic E-state index is 2.23. The molecule has 0 nitrogen and oxygen atoms in total. The standard InChI is InChI=1S/C8H12.C7H8.2C2H6/c1-2-8-6-4-3-5-7-8;1-7-5-3-2-4-6-7;2*1-2/h3-4,6H,2,5,7H2,1H3;2-6H,1H3;2*1-2H3. The first-order valence-electron chi connectivity index (χ1n) is 7.69. The van der Waals surface area contributed by atoms with Gasteiger partial charge < -0.3 is 0 Å². The minimum atomic E-state index is 1.23. The van der Waals surface area contributed by atoms with E-state index in [1.165, 1.54) is 24.8 Å². The van der Waals surface area contributed by atoms with Crippen LogP contribution in [0, 0.1) is 6.92 Å². The van der Waals surface area contributed by atoms with Gasteiger partial charge in [-0.2, -0.15) is 0 Å². The highest BCUT2D eigenvalue weighted by Crippen LogP contribution is 2.13. The zero-order valence-electron chi connectivity index (χ0n) is 13.7. The first-order valence-corrected chi connectivity index (χ1v) is 7.69. The van der Waals surface area contributed by atoms with Gasteiger partial charge in [0.2, 0.25) is 0 Å². The summed E-state index contributed by atoms with van der Waals surface area (Å²) in [4.78, 5) is 0. The highest BCUT2D eigenvalue weighted by atomic mass is 14.0. The van der Waals surface area contributed by atoms with Gasteiger partial charge in [-0.15, -0.1) is 0 Å². The maximum Gasteiger partial charge on any atom is -0.0282 e. The van der Waals surface area contributed by atoms with Crippen LogP contribution in [0.4, 0.5) is 0 Å². The fourth-order valence-electron chi connectivity index (χ4n) is 1.48. The molecule has 0 amide bonds. The molecule has 0 radical (unpaired) electrons. The van der Waals surface area contributed by atoms with Crippen molar-refractivity contribution >= 4 is 0 Å². The van der Waals surface area contributed by atoms with E-state index in [0.29, 0.717) is 0 Å². The van der Waals surface area contributed by atoms with Crippen LogP contribution < -0.4 is 0 Å². The summed E-state index contributed by atoms with van der Waals surface area (Å²) >= 11 is 0. The van der Waals surface area contributed by atoms with E-state index in [-0.39, 0.29) is 0 Å². The Labute approximate surface area is 121 Å². The Morgan fingerprint density at radius 1 is 0.947 bits per heavy atom. The third-order valence-electron chi connectivity index (χ3n) is 2.49. The summed E-state index contributed by atoms with van der Waals surface area (Å²) in [5, 5.41) is 0. The van der Waals surface area contributed by atoms with Crippen LogP contribution in [0.2, 0.25) is 0 Å². The van der Waals surface area contributed by atoms with E-state index in [4.69, 9.17) is 0 Å². The number of benzene rings is 1. The Hall–Kier alpha value is -1.30. The average Bonchev–Trinajstić information content (AvgIpc) is 2.53. The average molecular weight is 260 g/mol. The normalized spacial score (nSPS) is 11.6. The lowest BCUT2D eigenvalue weighted by Gasteiger charge is -2.03. The van der Waals surface area contributed by atoms with Crippen molar-refractivity contribution < 1.29 is 0 Å². The number of rotatable bonds is 1. The molecule has 0 N–H and O–H groups in total. The molecule has 1 aliphatic carbocycles. The molecule has 19 heavy (non-hydrogen) atoms. The second-order valence-corrected chi connectivity index (χ2v) is 3.80. The highest BCUT2D eigenvalue weighted by Gasteiger charge is 1.93. The maximum atomic E-state index is 2.23. The van der Waals surface area contributed by atoms with Gasteiger partial charge in [0.25, 0.3) is 0 Å². The lowest BCUT2D eigenvalue weighted by Crippen LogP contribution is -1.83. The lowest BCUT2D eigenvalue weighted by molar-refractivity contribution is 0.895. The van der Waals surface area contributed by atoms with Crippen molar-refractivity contribution in [1.82, 2.24) is 0 Å². The van der Waals surface area contributed by atoms with Crippen LogP contribution in [0.3, 0.4) is 0 Å². The molecule has 0 bridgehead atoms. The molecule has 0 fully saturated rings. The van der Waals surface area contributed by atoms with Gasteiger partial charge in [0.05, 0.1) is 0 Å². The van der Waals surface area contributed by atoms with E-state index in [9.17, 15) is 0 Å². The van der Waals surface area contributed by atoms with Crippen LogP contribution in [0.5, 0.6) is 0 Å². The van der Waals surface area contributed by atoms with E-state index >= 15 is 0 Å². The van der Waals surface area contributed by atoms with Crippen LogP contribution in [0.1, 0.15) is 59.4 Å². The zero-order chi connectivity index (χ0) is 14.9. The van der Waals surface area contributed by atoms with E-state index < -0.39 is 0 Å². The number of allylic oxidation sites excluding steroid dienone is 4. The first kappa shape index (κ1) is 20.0. The van der Waals surface area contributed by atoms with Crippen molar-refractivity contribution in [3.63, 3.8) is 0 Å². The molecule has 108 valence electrons. The summed E-state index contributed by atoms with van der Waals surface area (Å²) < 4.78 is 0. The molecule has 0 aliphatic heterocycles. The predicted octanol–water partition coefficient (Wildman–Crippen LogP) is 6.72. The molecule has 0 atom stereocenters. The van der Waals surface area contributed by atoms with Crippen molar-refractivity contribution in [3.05, 3.63) is 59.7 Å². The fraction of sp³-hybridized carbons (Fsp3) is 0.474. The summed E-state index contributed by atoms with van der Waals surface area (Å²) in [6.07, 6.45) is 10.4. The van der Waals surface area contributed by atoms with Crippen LogP contribution in [0.25, 0.3) is 0 Å². The summed E-state index contributed by atoms with van der Waals surface area (Å²) in [6, 6.07) is 10.3. The van der Waals surface area contributed by atoms with E-state index in [1.807, 2.05) is 45.9 Å². The predicted molar refractivity (Wildman–Crippen MR) is 90.6 cm³/mol. The Morgan fingerprint density at radius 3 is 1.79 bits per heavy atom. The highest BCUT2D eigenvalue weighted by molar-refractivity contribution is 5.16. The van der Waals surface area contributed by atoms with Crippen molar-refractivity contribution in [3.8, 4) is 0 Å². The number of hydrogen-bond acceptors (Lipinski definition) is 0. The number of aryl methyl sites for hydroxylation is 1. The van der Waals surface area contributed by atoms with Crippen molar-refractivity contribution in [2.75, 3.05) is 0 Å². The summed E-state index contributed by atoms with van der Waals surface area (Å²) in [5.41, 5.74) is 2.91. The van der Waals surface area contributed by atoms with Gasteiger partial charge in [-0.1, -0.05) is 94.3 Å². The van der Waals surface area contributed by atoms with Gasteiger partial charge in [0, 0.05) is 0 Å². The van der Waals surface area contributed by atoms with E-state index in [2.05, 4.69) is 44.2 Å². The van der Waals surface area contributed by atoms with Gasteiger partial charge in [-0.25, -0.2) is 0 Å². The molecule has 0 saturated carbocycles. The van der Waals surface area contributed by atoms with Gasteiger partial charge in [0.15, 0.2) is 0 Å². The molecule has 1 aromatic rings. The largest absolute Gasteiger partial charge is 0.0842 e. The van der Waals surface area contributed by atoms with Gasteiger partial charge >= 0.3 is 0 Å². The SMILES string of the molecule is CC.CC.CCC1=CC=CCC1.Cc1ccccc1. The van der Waals surface area contributed by atoms with Crippen LogP contribution in [0.15, 0.2) is 54.1 Å². The molecule has 0 aromatic heterocycles. The molecule has 0 spiro atoms. The summed E-state index contributed by atoms with van der Waals surface area (Å²) in [5.74, 6) is 0. The Balaban J connectivity index is 0. The molecule has 1 aromatic carbocycles. The van der Waals surface area contributed by atoms with Crippen LogP contribution in [-0.4, -0.2) is 0 Å². The molecule has 0 saturated heterocycles. The smallest absolute Gasteiger partial charge is 0.0282 e.